The number of nitrogens with zero attached hydrogens (tertiary/aromatic N) is 1. The molecule has 0 bridgehead atoms. The van der Waals surface area contributed by atoms with Crippen molar-refractivity contribution >= 4 is 5.69 Å². The number of aliphatic hydroxyl groups excluding tert-OH is 1. The minimum atomic E-state index is -0.400. The second kappa shape index (κ2) is 7.08. The first-order valence-electron chi connectivity index (χ1n) is 6.19. The highest BCUT2D eigenvalue weighted by atomic mass is 16.6. The molecule has 1 rings (SSSR count). The van der Waals surface area contributed by atoms with Crippen molar-refractivity contribution in [2.45, 2.75) is 38.8 Å². The maximum absolute atomic E-state index is 10.6. The topological polar surface area (TPSA) is 75.4 Å². The van der Waals surface area contributed by atoms with Gasteiger partial charge >= 0.3 is 0 Å². The molecule has 1 aromatic rings. The molecule has 0 fully saturated rings. The third kappa shape index (κ3) is 4.09. The van der Waals surface area contributed by atoms with Gasteiger partial charge in [-0.15, -0.1) is 0 Å². The Morgan fingerprint density at radius 1 is 1.39 bits per heavy atom. The summed E-state index contributed by atoms with van der Waals surface area (Å²) in [6, 6.07) is 6.94. The van der Waals surface area contributed by atoms with Crippen molar-refractivity contribution in [1.29, 1.82) is 0 Å². The van der Waals surface area contributed by atoms with Gasteiger partial charge in [-0.3, -0.25) is 10.1 Å². The summed E-state index contributed by atoms with van der Waals surface area (Å²) in [4.78, 5) is 10.2. The molecule has 0 spiro atoms. The van der Waals surface area contributed by atoms with E-state index in [1.807, 2.05) is 6.92 Å². The van der Waals surface area contributed by atoms with E-state index in [4.69, 9.17) is 5.11 Å². The van der Waals surface area contributed by atoms with Gasteiger partial charge < -0.3 is 10.4 Å². The number of nitro benzene ring substituents is 1. The number of hydrogen-bond donors (Lipinski definition) is 2. The fourth-order valence-electron chi connectivity index (χ4n) is 1.90. The largest absolute Gasteiger partial charge is 0.396 e. The minimum absolute atomic E-state index is 0.105. The molecule has 1 aromatic carbocycles. The van der Waals surface area contributed by atoms with Gasteiger partial charge in [0.05, 0.1) is 4.92 Å². The molecule has 0 aliphatic heterocycles. The number of nitrogens with one attached hydrogen (secondary N) is 1. The minimum Gasteiger partial charge on any atom is -0.396 e. The molecule has 2 atom stereocenters. The second-order valence-electron chi connectivity index (χ2n) is 4.35. The van der Waals surface area contributed by atoms with Gasteiger partial charge in [-0.1, -0.05) is 19.1 Å². The molecule has 0 aliphatic rings. The van der Waals surface area contributed by atoms with E-state index in [1.165, 1.54) is 12.1 Å². The first-order chi connectivity index (χ1) is 8.58. The van der Waals surface area contributed by atoms with Crippen molar-refractivity contribution in [2.24, 2.45) is 0 Å². The lowest BCUT2D eigenvalue weighted by Crippen LogP contribution is -2.31. The first kappa shape index (κ1) is 14.6. The van der Waals surface area contributed by atoms with E-state index in [2.05, 4.69) is 12.2 Å². The molecule has 0 saturated carbocycles. The Morgan fingerprint density at radius 3 is 2.44 bits per heavy atom. The van der Waals surface area contributed by atoms with Crippen LogP contribution in [0.4, 0.5) is 5.69 Å². The van der Waals surface area contributed by atoms with Crippen LogP contribution in [-0.2, 0) is 0 Å². The van der Waals surface area contributed by atoms with Crippen LogP contribution in [-0.4, -0.2) is 22.7 Å². The van der Waals surface area contributed by atoms with Crippen molar-refractivity contribution in [3.63, 3.8) is 0 Å². The Hall–Kier alpha value is -1.46. The van der Waals surface area contributed by atoms with Crippen LogP contribution in [0, 0.1) is 10.1 Å². The van der Waals surface area contributed by atoms with Crippen molar-refractivity contribution in [1.82, 2.24) is 5.32 Å². The lowest BCUT2D eigenvalue weighted by atomic mass is 10.0. The number of nitro groups is 1. The Labute approximate surface area is 107 Å². The van der Waals surface area contributed by atoms with E-state index in [1.54, 1.807) is 12.1 Å². The van der Waals surface area contributed by atoms with Gasteiger partial charge in [0, 0.05) is 30.8 Å². The highest BCUT2D eigenvalue weighted by Crippen LogP contribution is 2.18. The fourth-order valence-corrected chi connectivity index (χ4v) is 1.90. The molecule has 0 radical (unpaired) electrons. The fraction of sp³-hybridized carbons (Fsp3) is 0.538. The van der Waals surface area contributed by atoms with Gasteiger partial charge in [-0.05, 0) is 25.3 Å². The molecular weight excluding hydrogens is 232 g/mol. The molecule has 5 heteroatoms. The van der Waals surface area contributed by atoms with E-state index >= 15 is 0 Å². The maximum Gasteiger partial charge on any atom is 0.269 e. The summed E-state index contributed by atoms with van der Waals surface area (Å²) >= 11 is 0. The van der Waals surface area contributed by atoms with Crippen LogP contribution in [0.5, 0.6) is 0 Å². The molecule has 5 nitrogen and oxygen atoms in total. The summed E-state index contributed by atoms with van der Waals surface area (Å²) in [5, 5.41) is 22.9. The second-order valence-corrected chi connectivity index (χ2v) is 4.35. The third-order valence-electron chi connectivity index (χ3n) is 3.06. The molecule has 18 heavy (non-hydrogen) atoms. The van der Waals surface area contributed by atoms with Crippen LogP contribution in [0.2, 0.25) is 0 Å². The number of hydrogen-bond acceptors (Lipinski definition) is 4. The van der Waals surface area contributed by atoms with Gasteiger partial charge in [-0.25, -0.2) is 0 Å². The van der Waals surface area contributed by atoms with Gasteiger partial charge in [-0.2, -0.15) is 0 Å². The summed E-state index contributed by atoms with van der Waals surface area (Å²) in [7, 11) is 0. The van der Waals surface area contributed by atoms with Crippen molar-refractivity contribution in [3.8, 4) is 0 Å². The van der Waals surface area contributed by atoms with E-state index in [-0.39, 0.29) is 24.4 Å². The lowest BCUT2D eigenvalue weighted by Gasteiger charge is -2.21. The van der Waals surface area contributed by atoms with Crippen LogP contribution >= 0.6 is 0 Å². The number of rotatable bonds is 7. The average Bonchev–Trinajstić information content (AvgIpc) is 2.38. The monoisotopic (exact) mass is 252 g/mol. The normalized spacial score (nSPS) is 14.2. The van der Waals surface area contributed by atoms with Gasteiger partial charge in [0.2, 0.25) is 0 Å². The van der Waals surface area contributed by atoms with Gasteiger partial charge in [0.15, 0.2) is 0 Å². The van der Waals surface area contributed by atoms with E-state index in [0.29, 0.717) is 6.42 Å². The standard InChI is InChI=1S/C13H20N2O3/c1-3-12(8-9-16)14-10(2)11-4-6-13(7-5-11)15(17)18/h4-7,10,12,14,16H,3,8-9H2,1-2H3. The SMILES string of the molecule is CCC(CCO)NC(C)c1ccc([N+](=O)[O-])cc1. The van der Waals surface area contributed by atoms with E-state index in [0.717, 1.165) is 12.0 Å². The molecule has 0 aliphatic carbocycles. The Bertz CT molecular complexity index is 378. The van der Waals surface area contributed by atoms with E-state index in [9.17, 15) is 10.1 Å². The highest BCUT2D eigenvalue weighted by molar-refractivity contribution is 5.34. The zero-order chi connectivity index (χ0) is 13.5. The predicted molar refractivity (Wildman–Crippen MR) is 70.4 cm³/mol. The summed E-state index contributed by atoms with van der Waals surface area (Å²) in [6.45, 7) is 4.25. The van der Waals surface area contributed by atoms with Crippen LogP contribution in [0.15, 0.2) is 24.3 Å². The number of aliphatic hydroxyl groups is 1. The smallest absolute Gasteiger partial charge is 0.269 e. The maximum atomic E-state index is 10.6. The van der Waals surface area contributed by atoms with Crippen molar-refractivity contribution in [2.75, 3.05) is 6.61 Å². The molecular formula is C13H20N2O3. The van der Waals surface area contributed by atoms with Crippen LogP contribution < -0.4 is 5.32 Å². The molecule has 0 heterocycles. The predicted octanol–water partition coefficient (Wildman–Crippen LogP) is 2.41. The summed E-state index contributed by atoms with van der Waals surface area (Å²) in [5.74, 6) is 0. The van der Waals surface area contributed by atoms with Gasteiger partial charge in [0.25, 0.3) is 5.69 Å². The summed E-state index contributed by atoms with van der Waals surface area (Å²) in [6.07, 6.45) is 1.66. The molecule has 2 N–H and O–H groups in total. The molecule has 0 aromatic heterocycles. The van der Waals surface area contributed by atoms with Gasteiger partial charge in [0.1, 0.15) is 0 Å². The lowest BCUT2D eigenvalue weighted by molar-refractivity contribution is -0.384. The molecule has 100 valence electrons. The van der Waals surface area contributed by atoms with Crippen LogP contribution in [0.3, 0.4) is 0 Å². The first-order valence-corrected chi connectivity index (χ1v) is 6.19. The molecule has 2 unspecified atom stereocenters. The van der Waals surface area contributed by atoms with Crippen LogP contribution in [0.1, 0.15) is 38.3 Å². The molecule has 0 amide bonds. The zero-order valence-electron chi connectivity index (χ0n) is 10.8. The Kier molecular flexibility index (Phi) is 5.74. The zero-order valence-corrected chi connectivity index (χ0v) is 10.8. The Morgan fingerprint density at radius 2 is 2.00 bits per heavy atom. The van der Waals surface area contributed by atoms with Crippen molar-refractivity contribution < 1.29 is 10.0 Å². The quantitative estimate of drug-likeness (QED) is 0.577. The average molecular weight is 252 g/mol. The van der Waals surface area contributed by atoms with Crippen LogP contribution in [0.25, 0.3) is 0 Å². The third-order valence-corrected chi connectivity index (χ3v) is 3.06. The molecule has 0 saturated heterocycles. The summed E-state index contributed by atoms with van der Waals surface area (Å²) in [5.41, 5.74) is 1.12. The van der Waals surface area contributed by atoms with Crippen molar-refractivity contribution in [3.05, 3.63) is 39.9 Å². The number of non-ortho nitro benzene ring substituents is 1. The number of benzene rings is 1. The Balaban J connectivity index is 2.65. The van der Waals surface area contributed by atoms with E-state index < -0.39 is 4.92 Å². The highest BCUT2D eigenvalue weighted by Gasteiger charge is 2.12. The summed E-state index contributed by atoms with van der Waals surface area (Å²) < 4.78 is 0.